The van der Waals surface area contributed by atoms with E-state index in [0.717, 1.165) is 6.07 Å². The summed E-state index contributed by atoms with van der Waals surface area (Å²) < 4.78 is 25.7. The lowest BCUT2D eigenvalue weighted by atomic mass is 10.0. The molecule has 1 rings (SSSR count). The Labute approximate surface area is 91.2 Å². The molecule has 1 aromatic rings. The fourth-order valence-corrected chi connectivity index (χ4v) is 1.33. The molecule has 0 radical (unpaired) electrons. The zero-order valence-electron chi connectivity index (χ0n) is 8.74. The van der Waals surface area contributed by atoms with Gasteiger partial charge < -0.3 is 5.73 Å². The maximum atomic E-state index is 12.9. The SMILES string of the molecule is CC(N)CCc1cc(F)c(F)cc1[N+](=O)[O-]. The minimum Gasteiger partial charge on any atom is -0.328 e. The van der Waals surface area contributed by atoms with Gasteiger partial charge in [-0.15, -0.1) is 0 Å². The zero-order valence-corrected chi connectivity index (χ0v) is 8.74. The van der Waals surface area contributed by atoms with E-state index in [-0.39, 0.29) is 18.0 Å². The van der Waals surface area contributed by atoms with E-state index in [1.807, 2.05) is 0 Å². The third kappa shape index (κ3) is 2.96. The maximum absolute atomic E-state index is 12.9. The molecule has 88 valence electrons. The standard InChI is InChI=1S/C10H12F2N2O2/c1-6(13)2-3-7-4-8(11)9(12)5-10(7)14(15)16/h4-6H,2-3,13H2,1H3. The van der Waals surface area contributed by atoms with Crippen molar-refractivity contribution in [2.24, 2.45) is 5.73 Å². The van der Waals surface area contributed by atoms with Crippen LogP contribution in [-0.2, 0) is 6.42 Å². The second-order valence-electron chi connectivity index (χ2n) is 3.67. The number of hydrogen-bond donors (Lipinski definition) is 1. The normalized spacial score (nSPS) is 12.5. The van der Waals surface area contributed by atoms with Crippen molar-refractivity contribution in [1.29, 1.82) is 0 Å². The average molecular weight is 230 g/mol. The third-order valence-electron chi connectivity index (χ3n) is 2.19. The molecule has 1 atom stereocenters. The Balaban J connectivity index is 3.05. The van der Waals surface area contributed by atoms with Crippen LogP contribution in [0.2, 0.25) is 0 Å². The van der Waals surface area contributed by atoms with Crippen molar-refractivity contribution < 1.29 is 13.7 Å². The van der Waals surface area contributed by atoms with E-state index < -0.39 is 22.2 Å². The topological polar surface area (TPSA) is 69.2 Å². The van der Waals surface area contributed by atoms with Crippen molar-refractivity contribution in [1.82, 2.24) is 0 Å². The van der Waals surface area contributed by atoms with Crippen LogP contribution in [0, 0.1) is 21.7 Å². The minimum absolute atomic E-state index is 0.146. The molecule has 0 aliphatic carbocycles. The highest BCUT2D eigenvalue weighted by Crippen LogP contribution is 2.23. The average Bonchev–Trinajstić information content (AvgIpc) is 2.18. The summed E-state index contributed by atoms with van der Waals surface area (Å²) in [6, 6.07) is 1.31. The Morgan fingerprint density at radius 2 is 2.00 bits per heavy atom. The molecule has 0 spiro atoms. The van der Waals surface area contributed by atoms with Gasteiger partial charge in [0, 0.05) is 11.6 Å². The van der Waals surface area contributed by atoms with Gasteiger partial charge in [-0.25, -0.2) is 8.78 Å². The van der Waals surface area contributed by atoms with E-state index in [4.69, 9.17) is 5.73 Å². The van der Waals surface area contributed by atoms with Crippen LogP contribution >= 0.6 is 0 Å². The van der Waals surface area contributed by atoms with Gasteiger partial charge in [-0.2, -0.15) is 0 Å². The number of halogens is 2. The summed E-state index contributed by atoms with van der Waals surface area (Å²) in [7, 11) is 0. The summed E-state index contributed by atoms with van der Waals surface area (Å²) >= 11 is 0. The maximum Gasteiger partial charge on any atom is 0.275 e. The molecule has 1 aromatic carbocycles. The van der Waals surface area contributed by atoms with Crippen LogP contribution in [-0.4, -0.2) is 11.0 Å². The summed E-state index contributed by atoms with van der Waals surface area (Å²) in [4.78, 5) is 9.89. The van der Waals surface area contributed by atoms with Crippen molar-refractivity contribution in [2.75, 3.05) is 0 Å². The Hall–Kier alpha value is -1.56. The lowest BCUT2D eigenvalue weighted by Crippen LogP contribution is -2.15. The van der Waals surface area contributed by atoms with Gasteiger partial charge in [-0.05, 0) is 25.8 Å². The van der Waals surface area contributed by atoms with Crippen molar-refractivity contribution in [3.8, 4) is 0 Å². The molecule has 0 amide bonds. The quantitative estimate of drug-likeness (QED) is 0.636. The first kappa shape index (κ1) is 12.5. The molecule has 0 heterocycles. The lowest BCUT2D eigenvalue weighted by Gasteiger charge is -2.06. The summed E-state index contributed by atoms with van der Waals surface area (Å²) in [5.74, 6) is -2.29. The number of rotatable bonds is 4. The summed E-state index contributed by atoms with van der Waals surface area (Å²) in [6.07, 6.45) is 0.733. The van der Waals surface area contributed by atoms with Crippen LogP contribution in [0.15, 0.2) is 12.1 Å². The first-order valence-electron chi connectivity index (χ1n) is 4.79. The van der Waals surface area contributed by atoms with Crippen molar-refractivity contribution in [3.63, 3.8) is 0 Å². The van der Waals surface area contributed by atoms with E-state index in [1.54, 1.807) is 6.92 Å². The monoisotopic (exact) mass is 230 g/mol. The van der Waals surface area contributed by atoms with E-state index in [2.05, 4.69) is 0 Å². The van der Waals surface area contributed by atoms with Crippen LogP contribution in [0.5, 0.6) is 0 Å². The molecule has 0 aromatic heterocycles. The number of aryl methyl sites for hydroxylation is 1. The second-order valence-corrected chi connectivity index (χ2v) is 3.67. The van der Waals surface area contributed by atoms with Gasteiger partial charge in [-0.1, -0.05) is 0 Å². The molecular weight excluding hydrogens is 218 g/mol. The van der Waals surface area contributed by atoms with Crippen LogP contribution in [0.4, 0.5) is 14.5 Å². The second kappa shape index (κ2) is 4.98. The van der Waals surface area contributed by atoms with Gasteiger partial charge in [-0.3, -0.25) is 10.1 Å². The Kier molecular flexibility index (Phi) is 3.89. The molecule has 4 nitrogen and oxygen atoms in total. The fraction of sp³-hybridized carbons (Fsp3) is 0.400. The zero-order chi connectivity index (χ0) is 12.3. The van der Waals surface area contributed by atoms with Gasteiger partial charge in [0.1, 0.15) is 0 Å². The molecule has 0 fully saturated rings. The minimum atomic E-state index is -1.21. The largest absolute Gasteiger partial charge is 0.328 e. The van der Waals surface area contributed by atoms with Crippen LogP contribution in [0.25, 0.3) is 0 Å². The predicted molar refractivity (Wildman–Crippen MR) is 55.0 cm³/mol. The highest BCUT2D eigenvalue weighted by molar-refractivity contribution is 5.41. The Morgan fingerprint density at radius 1 is 1.44 bits per heavy atom. The van der Waals surface area contributed by atoms with Crippen LogP contribution < -0.4 is 5.73 Å². The Bertz CT molecular complexity index is 408. The fourth-order valence-electron chi connectivity index (χ4n) is 1.33. The highest BCUT2D eigenvalue weighted by Gasteiger charge is 2.18. The molecule has 16 heavy (non-hydrogen) atoms. The molecule has 2 N–H and O–H groups in total. The molecule has 1 unspecified atom stereocenters. The number of benzene rings is 1. The number of hydrogen-bond acceptors (Lipinski definition) is 3. The molecule has 0 aliphatic rings. The van der Waals surface area contributed by atoms with Crippen LogP contribution in [0.1, 0.15) is 18.9 Å². The highest BCUT2D eigenvalue weighted by atomic mass is 19.2. The van der Waals surface area contributed by atoms with E-state index in [1.165, 1.54) is 0 Å². The summed E-state index contributed by atoms with van der Waals surface area (Å²) in [6.45, 7) is 1.74. The smallest absolute Gasteiger partial charge is 0.275 e. The van der Waals surface area contributed by atoms with Gasteiger partial charge >= 0.3 is 0 Å². The van der Waals surface area contributed by atoms with E-state index in [9.17, 15) is 18.9 Å². The first-order valence-corrected chi connectivity index (χ1v) is 4.79. The Morgan fingerprint density at radius 3 is 2.50 bits per heavy atom. The predicted octanol–water partition coefficient (Wildman–Crippen LogP) is 2.15. The van der Waals surface area contributed by atoms with Crippen molar-refractivity contribution in [3.05, 3.63) is 39.4 Å². The molecule has 6 heteroatoms. The van der Waals surface area contributed by atoms with Crippen molar-refractivity contribution >= 4 is 5.69 Å². The molecule has 0 saturated heterocycles. The number of nitrogens with two attached hydrogens (primary N) is 1. The third-order valence-corrected chi connectivity index (χ3v) is 2.19. The summed E-state index contributed by atoms with van der Waals surface area (Å²) in [5, 5.41) is 10.6. The number of nitro groups is 1. The molecule has 0 saturated carbocycles. The van der Waals surface area contributed by atoms with Gasteiger partial charge in [0.05, 0.1) is 11.0 Å². The molecule has 0 aliphatic heterocycles. The first-order chi connectivity index (χ1) is 7.41. The summed E-state index contributed by atoms with van der Waals surface area (Å²) in [5.41, 5.74) is 5.26. The van der Waals surface area contributed by atoms with Crippen LogP contribution in [0.3, 0.4) is 0 Å². The number of nitro benzene ring substituents is 1. The van der Waals surface area contributed by atoms with Crippen molar-refractivity contribution in [2.45, 2.75) is 25.8 Å². The van der Waals surface area contributed by atoms with Gasteiger partial charge in [0.15, 0.2) is 11.6 Å². The number of nitrogens with zero attached hydrogens (tertiary/aromatic N) is 1. The lowest BCUT2D eigenvalue weighted by molar-refractivity contribution is -0.385. The van der Waals surface area contributed by atoms with E-state index in [0.29, 0.717) is 12.5 Å². The van der Waals surface area contributed by atoms with Gasteiger partial charge in [0.2, 0.25) is 0 Å². The molecular formula is C10H12F2N2O2. The molecule has 0 bridgehead atoms. The van der Waals surface area contributed by atoms with E-state index >= 15 is 0 Å². The van der Waals surface area contributed by atoms with Gasteiger partial charge in [0.25, 0.3) is 5.69 Å².